The van der Waals surface area contributed by atoms with Crippen molar-refractivity contribution >= 4 is 22.9 Å². The Morgan fingerprint density at radius 1 is 1.15 bits per heavy atom. The van der Waals surface area contributed by atoms with Crippen LogP contribution in [0.3, 0.4) is 0 Å². The van der Waals surface area contributed by atoms with Crippen LogP contribution in [-0.2, 0) is 13.1 Å². The molecule has 3 heterocycles. The molecule has 1 aliphatic carbocycles. The summed E-state index contributed by atoms with van der Waals surface area (Å²) in [4.78, 5) is 22.5. The quantitative estimate of drug-likeness (QED) is 0.429. The number of aryl methyl sites for hydroxylation is 3. The Kier molecular flexibility index (Phi) is 5.66. The third-order valence-corrected chi connectivity index (χ3v) is 6.09. The van der Waals surface area contributed by atoms with Gasteiger partial charge in [-0.15, -0.1) is 5.10 Å². The van der Waals surface area contributed by atoms with Crippen LogP contribution >= 0.6 is 0 Å². The van der Waals surface area contributed by atoms with Crippen LogP contribution in [0.25, 0.3) is 11.0 Å². The van der Waals surface area contributed by atoms with E-state index in [4.69, 9.17) is 10.1 Å². The lowest BCUT2D eigenvalue weighted by molar-refractivity contribution is 0.102. The van der Waals surface area contributed by atoms with Gasteiger partial charge in [-0.05, 0) is 44.7 Å². The van der Waals surface area contributed by atoms with Gasteiger partial charge in [0.2, 0.25) is 5.95 Å². The number of aromatic nitrogens is 6. The molecule has 0 unspecified atom stereocenters. The van der Waals surface area contributed by atoms with Gasteiger partial charge >= 0.3 is 0 Å². The van der Waals surface area contributed by atoms with E-state index in [9.17, 15) is 4.79 Å². The molecule has 1 fully saturated rings. The van der Waals surface area contributed by atoms with Crippen LogP contribution < -0.4 is 5.32 Å². The van der Waals surface area contributed by atoms with Crippen LogP contribution in [0.15, 0.2) is 36.7 Å². The number of hydrogen-bond acceptors (Lipinski definition) is 5. The SMILES string of the molecule is CCCCn1nc(C)c2c(C(=O)Nc3ncn(Cc4ccc(C)cc4)n3)cc(C3CC3)nc21. The zero-order valence-electron chi connectivity index (χ0n) is 19.4. The Bertz CT molecular complexity index is 1300. The first-order valence-corrected chi connectivity index (χ1v) is 11.7. The minimum Gasteiger partial charge on any atom is -0.289 e. The van der Waals surface area contributed by atoms with E-state index in [1.807, 2.05) is 17.7 Å². The Balaban J connectivity index is 1.42. The predicted octanol–water partition coefficient (Wildman–Crippen LogP) is 4.62. The van der Waals surface area contributed by atoms with Gasteiger partial charge in [-0.25, -0.2) is 19.3 Å². The van der Waals surface area contributed by atoms with Crippen LogP contribution in [0.1, 0.15) is 71.4 Å². The van der Waals surface area contributed by atoms with Gasteiger partial charge in [0.1, 0.15) is 6.33 Å². The van der Waals surface area contributed by atoms with Crippen molar-refractivity contribution in [1.82, 2.24) is 29.5 Å². The molecule has 4 aromatic rings. The van der Waals surface area contributed by atoms with E-state index in [0.717, 1.165) is 60.2 Å². The van der Waals surface area contributed by atoms with E-state index in [1.54, 1.807) is 11.0 Å². The first-order valence-electron chi connectivity index (χ1n) is 11.7. The zero-order chi connectivity index (χ0) is 22.9. The summed E-state index contributed by atoms with van der Waals surface area (Å²) in [5.74, 6) is 0.499. The summed E-state index contributed by atoms with van der Waals surface area (Å²) in [5, 5.41) is 12.8. The molecule has 33 heavy (non-hydrogen) atoms. The molecular formula is C25H29N7O. The van der Waals surface area contributed by atoms with Crippen molar-refractivity contribution in [2.24, 2.45) is 0 Å². The van der Waals surface area contributed by atoms with E-state index in [-0.39, 0.29) is 5.91 Å². The van der Waals surface area contributed by atoms with E-state index >= 15 is 0 Å². The van der Waals surface area contributed by atoms with Crippen LogP contribution in [-0.4, -0.2) is 35.4 Å². The van der Waals surface area contributed by atoms with Gasteiger partial charge in [0.05, 0.1) is 23.2 Å². The third kappa shape index (κ3) is 4.51. The highest BCUT2D eigenvalue weighted by Crippen LogP contribution is 2.40. The fourth-order valence-corrected chi connectivity index (χ4v) is 4.08. The second-order valence-electron chi connectivity index (χ2n) is 8.94. The largest absolute Gasteiger partial charge is 0.289 e. The molecule has 1 saturated carbocycles. The van der Waals surface area contributed by atoms with Gasteiger partial charge in [-0.2, -0.15) is 5.10 Å². The molecule has 1 aliphatic rings. The maximum atomic E-state index is 13.3. The number of carbonyl (C=O) groups excluding carboxylic acids is 1. The molecule has 1 amide bonds. The molecule has 0 spiro atoms. The summed E-state index contributed by atoms with van der Waals surface area (Å²) in [6.45, 7) is 7.55. The van der Waals surface area contributed by atoms with Crippen LogP contribution in [0.5, 0.6) is 0 Å². The highest BCUT2D eigenvalue weighted by molar-refractivity contribution is 6.12. The minimum absolute atomic E-state index is 0.226. The van der Waals surface area contributed by atoms with Crippen molar-refractivity contribution in [3.8, 4) is 0 Å². The molecular weight excluding hydrogens is 414 g/mol. The predicted molar refractivity (Wildman–Crippen MR) is 127 cm³/mol. The molecule has 170 valence electrons. The van der Waals surface area contributed by atoms with Crippen LogP contribution in [0, 0.1) is 13.8 Å². The Labute approximate surface area is 193 Å². The van der Waals surface area contributed by atoms with Crippen molar-refractivity contribution in [2.75, 3.05) is 5.32 Å². The average molecular weight is 444 g/mol. The standard InChI is InChI=1S/C25H29N7O/c1-4-5-12-32-23-22(17(3)29-32)20(13-21(27-23)19-10-11-19)24(33)28-25-26-15-31(30-25)14-18-8-6-16(2)7-9-18/h6-9,13,15,19H,4-5,10-12,14H2,1-3H3,(H,28,30,33). The van der Waals surface area contributed by atoms with E-state index in [0.29, 0.717) is 24.0 Å². The molecule has 0 aliphatic heterocycles. The molecule has 0 radical (unpaired) electrons. The second-order valence-corrected chi connectivity index (χ2v) is 8.94. The van der Waals surface area contributed by atoms with Crippen LogP contribution in [0.2, 0.25) is 0 Å². The monoisotopic (exact) mass is 443 g/mol. The number of nitrogens with zero attached hydrogens (tertiary/aromatic N) is 6. The number of carbonyl (C=O) groups is 1. The van der Waals surface area contributed by atoms with E-state index < -0.39 is 0 Å². The smallest absolute Gasteiger partial charge is 0.258 e. The number of benzene rings is 1. The maximum absolute atomic E-state index is 13.3. The lowest BCUT2D eigenvalue weighted by Gasteiger charge is -2.08. The van der Waals surface area contributed by atoms with Gasteiger partial charge < -0.3 is 0 Å². The topological polar surface area (TPSA) is 90.5 Å². The molecule has 1 aromatic carbocycles. The fraction of sp³-hybridized carbons (Fsp3) is 0.400. The number of unbranched alkanes of at least 4 members (excludes halogenated alkanes) is 1. The van der Waals surface area contributed by atoms with Gasteiger partial charge in [-0.3, -0.25) is 10.1 Å². The maximum Gasteiger partial charge on any atom is 0.258 e. The van der Waals surface area contributed by atoms with Crippen molar-refractivity contribution in [1.29, 1.82) is 0 Å². The highest BCUT2D eigenvalue weighted by Gasteiger charge is 2.29. The lowest BCUT2D eigenvalue weighted by atomic mass is 10.1. The molecule has 0 saturated heterocycles. The van der Waals surface area contributed by atoms with Gasteiger partial charge in [0.25, 0.3) is 5.91 Å². The summed E-state index contributed by atoms with van der Waals surface area (Å²) >= 11 is 0. The van der Waals surface area contributed by atoms with Crippen LogP contribution in [0.4, 0.5) is 5.95 Å². The Morgan fingerprint density at radius 2 is 1.94 bits per heavy atom. The molecule has 0 bridgehead atoms. The average Bonchev–Trinajstić information content (AvgIpc) is 3.50. The number of pyridine rings is 1. The summed E-state index contributed by atoms with van der Waals surface area (Å²) < 4.78 is 3.68. The fourth-order valence-electron chi connectivity index (χ4n) is 4.08. The van der Waals surface area contributed by atoms with Crippen molar-refractivity contribution in [3.63, 3.8) is 0 Å². The molecule has 3 aromatic heterocycles. The summed E-state index contributed by atoms with van der Waals surface area (Å²) in [6, 6.07) is 10.2. The first-order chi connectivity index (χ1) is 16.0. The van der Waals surface area contributed by atoms with Gasteiger partial charge in [-0.1, -0.05) is 43.2 Å². The third-order valence-electron chi connectivity index (χ3n) is 6.09. The number of rotatable bonds is 8. The minimum atomic E-state index is -0.226. The normalized spacial score (nSPS) is 13.5. The molecule has 5 rings (SSSR count). The summed E-state index contributed by atoms with van der Waals surface area (Å²) in [7, 11) is 0. The van der Waals surface area contributed by atoms with E-state index in [2.05, 4.69) is 53.5 Å². The van der Waals surface area contributed by atoms with Crippen molar-refractivity contribution in [2.45, 2.75) is 65.5 Å². The molecule has 1 N–H and O–H groups in total. The summed E-state index contributed by atoms with van der Waals surface area (Å²) in [5.41, 5.74) is 5.53. The van der Waals surface area contributed by atoms with Crippen molar-refractivity contribution < 1.29 is 4.79 Å². The number of hydrogen-bond donors (Lipinski definition) is 1. The number of anilines is 1. The number of amides is 1. The second kappa shape index (κ2) is 8.77. The number of fused-ring (bicyclic) bond motifs is 1. The van der Waals surface area contributed by atoms with Gasteiger partial charge in [0, 0.05) is 18.2 Å². The number of nitrogens with one attached hydrogen (secondary N) is 1. The zero-order valence-corrected chi connectivity index (χ0v) is 19.4. The van der Waals surface area contributed by atoms with Crippen molar-refractivity contribution in [3.05, 3.63) is 64.7 Å². The highest BCUT2D eigenvalue weighted by atomic mass is 16.1. The first kappa shape index (κ1) is 21.3. The van der Waals surface area contributed by atoms with E-state index in [1.165, 1.54) is 5.56 Å². The van der Waals surface area contributed by atoms with Gasteiger partial charge in [0.15, 0.2) is 5.65 Å². The summed E-state index contributed by atoms with van der Waals surface area (Å²) in [6.07, 6.45) is 5.98. The molecule has 8 nitrogen and oxygen atoms in total. The Hall–Kier alpha value is -3.55. The molecule has 8 heteroatoms. The Morgan fingerprint density at radius 3 is 2.67 bits per heavy atom. The molecule has 0 atom stereocenters. The lowest BCUT2D eigenvalue weighted by Crippen LogP contribution is -2.15.